The number of nitrogens with zero attached hydrogens (tertiary/aromatic N) is 3. The average molecular weight is 456 g/mol. The minimum atomic E-state index is 0.0639. The molecule has 0 radical (unpaired) electrons. The number of carbonyl (C=O) groups excluding carboxylic acids is 2. The molecule has 2 aliphatic rings. The van der Waals surface area contributed by atoms with Crippen molar-refractivity contribution in [2.24, 2.45) is 0 Å². The van der Waals surface area contributed by atoms with Gasteiger partial charge in [-0.15, -0.1) is 11.3 Å². The Labute approximate surface area is 194 Å². The molecule has 2 atom stereocenters. The van der Waals surface area contributed by atoms with E-state index in [2.05, 4.69) is 28.5 Å². The zero-order chi connectivity index (χ0) is 22.7. The summed E-state index contributed by atoms with van der Waals surface area (Å²) in [5, 5.41) is 2.15. The Bertz CT molecular complexity index is 942. The second-order valence-electron chi connectivity index (χ2n) is 8.72. The van der Waals surface area contributed by atoms with Crippen LogP contribution in [0.25, 0.3) is 0 Å². The summed E-state index contributed by atoms with van der Waals surface area (Å²) in [6.07, 6.45) is 2.41. The number of methoxy groups -OCH3 is 1. The molecule has 0 aliphatic carbocycles. The summed E-state index contributed by atoms with van der Waals surface area (Å²) in [5.41, 5.74) is 2.49. The molecule has 1 fully saturated rings. The Morgan fingerprint density at radius 3 is 2.56 bits per heavy atom. The molecule has 0 spiro atoms. The van der Waals surface area contributed by atoms with E-state index in [1.165, 1.54) is 16.0 Å². The van der Waals surface area contributed by atoms with Gasteiger partial charge in [-0.2, -0.15) is 0 Å². The summed E-state index contributed by atoms with van der Waals surface area (Å²) < 4.78 is 5.33. The van der Waals surface area contributed by atoms with Crippen LogP contribution in [0.1, 0.15) is 48.7 Å². The van der Waals surface area contributed by atoms with Crippen LogP contribution in [0.5, 0.6) is 5.75 Å². The third-order valence-electron chi connectivity index (χ3n) is 6.60. The Morgan fingerprint density at radius 2 is 1.88 bits per heavy atom. The van der Waals surface area contributed by atoms with Crippen LogP contribution in [0.3, 0.4) is 0 Å². The monoisotopic (exact) mass is 455 g/mol. The van der Waals surface area contributed by atoms with Gasteiger partial charge in [0.05, 0.1) is 19.7 Å². The maximum absolute atomic E-state index is 13.3. The van der Waals surface area contributed by atoms with Crippen molar-refractivity contribution in [3.8, 4) is 5.75 Å². The van der Waals surface area contributed by atoms with Crippen molar-refractivity contribution in [1.82, 2.24) is 14.7 Å². The van der Waals surface area contributed by atoms with Gasteiger partial charge in [-0.25, -0.2) is 0 Å². The molecule has 1 aromatic heterocycles. The molecule has 0 unspecified atom stereocenters. The second kappa shape index (κ2) is 10.0. The Hall–Kier alpha value is -2.38. The molecule has 172 valence electrons. The molecule has 1 saturated heterocycles. The van der Waals surface area contributed by atoms with Crippen LogP contribution in [0.4, 0.5) is 0 Å². The van der Waals surface area contributed by atoms with Gasteiger partial charge >= 0.3 is 0 Å². The van der Waals surface area contributed by atoms with Gasteiger partial charge in [0.15, 0.2) is 0 Å². The molecule has 2 aromatic rings. The number of hydrogen-bond donors (Lipinski definition) is 0. The Morgan fingerprint density at radius 1 is 1.09 bits per heavy atom. The van der Waals surface area contributed by atoms with Crippen molar-refractivity contribution in [1.29, 1.82) is 0 Å². The molecular formula is C25H33N3O3S. The van der Waals surface area contributed by atoms with Crippen LogP contribution in [0.2, 0.25) is 0 Å². The molecule has 2 amide bonds. The maximum Gasteiger partial charge on any atom is 0.236 e. The van der Waals surface area contributed by atoms with Crippen molar-refractivity contribution < 1.29 is 14.3 Å². The van der Waals surface area contributed by atoms with Crippen LogP contribution in [0, 0.1) is 0 Å². The molecule has 3 heterocycles. The third-order valence-corrected chi connectivity index (χ3v) is 7.60. The summed E-state index contributed by atoms with van der Waals surface area (Å²) in [6.45, 7) is 7.18. The van der Waals surface area contributed by atoms with Gasteiger partial charge in [-0.1, -0.05) is 19.1 Å². The van der Waals surface area contributed by atoms with Crippen molar-refractivity contribution in [3.63, 3.8) is 0 Å². The zero-order valence-electron chi connectivity index (χ0n) is 19.3. The lowest BCUT2D eigenvalue weighted by atomic mass is 9.93. The SMILES string of the molecule is CCCC(=O)N1CCN(C(=O)CN2CCc3sccc3[C@H]2c2ccc(OC)cc2)C[C@@H]1C. The standard InChI is InChI=1S/C25H33N3O3S/c1-4-5-23(29)28-14-13-26(16-18(28)2)24(30)17-27-12-10-22-21(11-15-32-22)25(27)19-6-8-20(31-3)9-7-19/h6-9,11,15,18,25H,4-5,10,12-14,16-17H2,1-3H3/t18-,25+/m0/s1. The number of ether oxygens (including phenoxy) is 1. The number of hydrogen-bond acceptors (Lipinski definition) is 5. The first-order chi connectivity index (χ1) is 15.5. The number of piperazine rings is 1. The molecule has 4 rings (SSSR count). The first-order valence-electron chi connectivity index (χ1n) is 11.5. The molecule has 0 bridgehead atoms. The zero-order valence-corrected chi connectivity index (χ0v) is 20.1. The highest BCUT2D eigenvalue weighted by molar-refractivity contribution is 7.10. The van der Waals surface area contributed by atoms with Gasteiger partial charge in [-0.3, -0.25) is 14.5 Å². The van der Waals surface area contributed by atoms with Gasteiger partial charge < -0.3 is 14.5 Å². The van der Waals surface area contributed by atoms with Gasteiger partial charge in [0, 0.05) is 43.5 Å². The molecule has 1 aromatic carbocycles. The van der Waals surface area contributed by atoms with Crippen LogP contribution in [0.15, 0.2) is 35.7 Å². The quantitative estimate of drug-likeness (QED) is 0.668. The fourth-order valence-electron chi connectivity index (χ4n) is 4.90. The number of fused-ring (bicyclic) bond motifs is 1. The Balaban J connectivity index is 1.47. The highest BCUT2D eigenvalue weighted by atomic mass is 32.1. The number of benzene rings is 1. The van der Waals surface area contributed by atoms with Crippen molar-refractivity contribution in [2.45, 2.75) is 45.2 Å². The van der Waals surface area contributed by atoms with Gasteiger partial charge in [0.25, 0.3) is 0 Å². The van der Waals surface area contributed by atoms with Crippen LogP contribution in [-0.4, -0.2) is 72.4 Å². The smallest absolute Gasteiger partial charge is 0.236 e. The van der Waals surface area contributed by atoms with E-state index < -0.39 is 0 Å². The highest BCUT2D eigenvalue weighted by Gasteiger charge is 2.34. The lowest BCUT2D eigenvalue weighted by Gasteiger charge is -2.42. The normalized spacial score (nSPS) is 21.3. The topological polar surface area (TPSA) is 53.1 Å². The third kappa shape index (κ3) is 4.69. The second-order valence-corrected chi connectivity index (χ2v) is 9.72. The highest BCUT2D eigenvalue weighted by Crippen LogP contribution is 2.38. The van der Waals surface area contributed by atoms with E-state index in [1.54, 1.807) is 18.4 Å². The summed E-state index contributed by atoms with van der Waals surface area (Å²) in [7, 11) is 1.67. The molecule has 6 nitrogen and oxygen atoms in total. The molecule has 2 aliphatic heterocycles. The summed E-state index contributed by atoms with van der Waals surface area (Å²) in [6, 6.07) is 10.5. The Kier molecular flexibility index (Phi) is 7.16. The van der Waals surface area contributed by atoms with E-state index in [0.29, 0.717) is 32.6 Å². The number of amides is 2. The predicted molar refractivity (Wildman–Crippen MR) is 127 cm³/mol. The van der Waals surface area contributed by atoms with Gasteiger partial charge in [-0.05, 0) is 54.5 Å². The number of carbonyl (C=O) groups is 2. The first-order valence-corrected chi connectivity index (χ1v) is 12.4. The summed E-state index contributed by atoms with van der Waals surface area (Å²) in [5.74, 6) is 1.19. The van der Waals surface area contributed by atoms with Gasteiger partial charge in [0.1, 0.15) is 5.75 Å². The van der Waals surface area contributed by atoms with E-state index in [-0.39, 0.29) is 23.9 Å². The van der Waals surface area contributed by atoms with Crippen molar-refractivity contribution >= 4 is 23.2 Å². The predicted octanol–water partition coefficient (Wildman–Crippen LogP) is 3.56. The van der Waals surface area contributed by atoms with E-state index in [4.69, 9.17) is 4.74 Å². The number of rotatable bonds is 6. The van der Waals surface area contributed by atoms with Crippen molar-refractivity contribution in [3.05, 3.63) is 51.7 Å². The lowest BCUT2D eigenvalue weighted by molar-refractivity contribution is -0.143. The lowest BCUT2D eigenvalue weighted by Crippen LogP contribution is -2.57. The van der Waals surface area contributed by atoms with E-state index in [1.807, 2.05) is 35.8 Å². The first kappa shape index (κ1) is 22.8. The van der Waals surface area contributed by atoms with Crippen LogP contribution < -0.4 is 4.74 Å². The minimum absolute atomic E-state index is 0.0639. The fourth-order valence-corrected chi connectivity index (χ4v) is 5.80. The van der Waals surface area contributed by atoms with Crippen LogP contribution in [-0.2, 0) is 16.0 Å². The fraction of sp³-hybridized carbons (Fsp3) is 0.520. The average Bonchev–Trinajstić information content (AvgIpc) is 3.28. The largest absolute Gasteiger partial charge is 0.497 e. The van der Waals surface area contributed by atoms with Crippen molar-refractivity contribution in [2.75, 3.05) is 39.8 Å². The van der Waals surface area contributed by atoms with E-state index in [0.717, 1.165) is 25.1 Å². The van der Waals surface area contributed by atoms with E-state index >= 15 is 0 Å². The summed E-state index contributed by atoms with van der Waals surface area (Å²) >= 11 is 1.80. The molecular weight excluding hydrogens is 422 g/mol. The van der Waals surface area contributed by atoms with Crippen LogP contribution >= 0.6 is 11.3 Å². The summed E-state index contributed by atoms with van der Waals surface area (Å²) in [4.78, 5) is 33.2. The molecule has 0 saturated carbocycles. The molecule has 32 heavy (non-hydrogen) atoms. The molecule has 0 N–H and O–H groups in total. The van der Waals surface area contributed by atoms with E-state index in [9.17, 15) is 9.59 Å². The van der Waals surface area contributed by atoms with Gasteiger partial charge in [0.2, 0.25) is 11.8 Å². The molecule has 7 heteroatoms. The minimum Gasteiger partial charge on any atom is -0.497 e. The maximum atomic E-state index is 13.3. The number of thiophene rings is 1.